The molecule has 0 aliphatic rings. The number of carbonyl (C=O) groups excluding carboxylic acids is 1. The fourth-order valence-electron chi connectivity index (χ4n) is 1.70. The summed E-state index contributed by atoms with van der Waals surface area (Å²) in [7, 11) is 1.67. The van der Waals surface area contributed by atoms with Crippen LogP contribution in [0.5, 0.6) is 5.75 Å². The monoisotopic (exact) mass is 260 g/mol. The molecule has 0 spiro atoms. The number of carbonyl (C=O) groups is 1. The summed E-state index contributed by atoms with van der Waals surface area (Å²) in [4.78, 5) is 11.1. The molecule has 0 heterocycles. The molecule has 0 N–H and O–H groups in total. The highest BCUT2D eigenvalue weighted by atomic mass is 16.5. The van der Waals surface area contributed by atoms with Crippen molar-refractivity contribution in [2.45, 2.75) is 20.8 Å². The third-order valence-corrected chi connectivity index (χ3v) is 2.91. The molecule has 19 heavy (non-hydrogen) atoms. The summed E-state index contributed by atoms with van der Waals surface area (Å²) in [6, 6.07) is 3.94. The van der Waals surface area contributed by atoms with Crippen LogP contribution < -0.4 is 4.74 Å². The van der Waals surface area contributed by atoms with Crippen LogP contribution in [-0.2, 0) is 9.53 Å². The number of hydrogen-bond donors (Lipinski definition) is 0. The van der Waals surface area contributed by atoms with Crippen molar-refractivity contribution < 1.29 is 14.3 Å². The highest BCUT2D eigenvalue weighted by molar-refractivity contribution is 5.82. The Morgan fingerprint density at radius 1 is 1.21 bits per heavy atom. The average Bonchev–Trinajstić information content (AvgIpc) is 2.40. The van der Waals surface area contributed by atoms with E-state index in [9.17, 15) is 4.79 Å². The zero-order valence-electron chi connectivity index (χ0n) is 11.9. The molecule has 102 valence electrons. The SMILES string of the molecule is CCOC(=O)C=CC=Cc1ccc(OC)c(C)c1C. The van der Waals surface area contributed by atoms with Crippen molar-refractivity contribution in [1.29, 1.82) is 0 Å². The van der Waals surface area contributed by atoms with Gasteiger partial charge in [0, 0.05) is 6.08 Å². The summed E-state index contributed by atoms with van der Waals surface area (Å²) in [5.74, 6) is 0.562. The Labute approximate surface area is 114 Å². The molecule has 1 aromatic rings. The summed E-state index contributed by atoms with van der Waals surface area (Å²) in [5.41, 5.74) is 3.39. The second-order valence-corrected chi connectivity index (χ2v) is 4.08. The lowest BCUT2D eigenvalue weighted by Crippen LogP contribution is -1.98. The van der Waals surface area contributed by atoms with E-state index >= 15 is 0 Å². The van der Waals surface area contributed by atoms with Gasteiger partial charge in [0.05, 0.1) is 13.7 Å². The Kier molecular flexibility index (Phi) is 5.86. The molecule has 0 bridgehead atoms. The lowest BCUT2D eigenvalue weighted by atomic mass is 10.0. The number of benzene rings is 1. The Balaban J connectivity index is 2.78. The maximum absolute atomic E-state index is 11.1. The molecule has 3 heteroatoms. The van der Waals surface area contributed by atoms with Gasteiger partial charge < -0.3 is 9.47 Å². The number of hydrogen-bond acceptors (Lipinski definition) is 3. The van der Waals surface area contributed by atoms with Gasteiger partial charge in [0.25, 0.3) is 0 Å². The van der Waals surface area contributed by atoms with Crippen LogP contribution in [0.2, 0.25) is 0 Å². The Morgan fingerprint density at radius 3 is 2.58 bits per heavy atom. The number of allylic oxidation sites excluding steroid dienone is 2. The standard InChI is InChI=1S/C16H20O3/c1-5-19-16(17)9-7-6-8-14-10-11-15(18-4)13(3)12(14)2/h6-11H,5H2,1-4H3. The number of esters is 1. The number of rotatable bonds is 5. The van der Waals surface area contributed by atoms with Crippen molar-refractivity contribution in [3.63, 3.8) is 0 Å². The van der Waals surface area contributed by atoms with Gasteiger partial charge >= 0.3 is 5.97 Å². The van der Waals surface area contributed by atoms with Gasteiger partial charge in [-0.1, -0.05) is 24.3 Å². The van der Waals surface area contributed by atoms with Crippen LogP contribution in [0.25, 0.3) is 6.08 Å². The molecule has 0 amide bonds. The third-order valence-electron chi connectivity index (χ3n) is 2.91. The van der Waals surface area contributed by atoms with E-state index in [1.165, 1.54) is 11.6 Å². The molecule has 0 aromatic heterocycles. The molecule has 0 saturated carbocycles. The molecule has 0 unspecified atom stereocenters. The van der Waals surface area contributed by atoms with E-state index in [4.69, 9.17) is 9.47 Å². The van der Waals surface area contributed by atoms with E-state index < -0.39 is 0 Å². The van der Waals surface area contributed by atoms with Crippen molar-refractivity contribution in [1.82, 2.24) is 0 Å². The van der Waals surface area contributed by atoms with E-state index in [2.05, 4.69) is 0 Å². The summed E-state index contributed by atoms with van der Waals surface area (Å²) in [5, 5.41) is 0. The molecule has 0 aliphatic carbocycles. The smallest absolute Gasteiger partial charge is 0.330 e. The maximum atomic E-state index is 11.1. The first-order chi connectivity index (χ1) is 9.10. The molecular weight excluding hydrogens is 240 g/mol. The van der Waals surface area contributed by atoms with Gasteiger partial charge in [0.2, 0.25) is 0 Å². The van der Waals surface area contributed by atoms with Crippen LogP contribution in [0.3, 0.4) is 0 Å². The number of ether oxygens (including phenoxy) is 2. The predicted octanol–water partition coefficient (Wildman–Crippen LogP) is 3.44. The Morgan fingerprint density at radius 2 is 1.95 bits per heavy atom. The summed E-state index contributed by atoms with van der Waals surface area (Å²) >= 11 is 0. The van der Waals surface area contributed by atoms with Crippen molar-refractivity contribution >= 4 is 12.0 Å². The average molecular weight is 260 g/mol. The van der Waals surface area contributed by atoms with Crippen molar-refractivity contribution in [2.75, 3.05) is 13.7 Å². The van der Waals surface area contributed by atoms with Gasteiger partial charge in [-0.2, -0.15) is 0 Å². The Bertz CT molecular complexity index is 499. The van der Waals surface area contributed by atoms with Gasteiger partial charge in [0.1, 0.15) is 5.75 Å². The van der Waals surface area contributed by atoms with Gasteiger partial charge in [0.15, 0.2) is 0 Å². The number of methoxy groups -OCH3 is 1. The van der Waals surface area contributed by atoms with Gasteiger partial charge in [-0.25, -0.2) is 4.79 Å². The van der Waals surface area contributed by atoms with Crippen molar-refractivity contribution in [3.05, 3.63) is 47.1 Å². The van der Waals surface area contributed by atoms with Gasteiger partial charge in [-0.3, -0.25) is 0 Å². The first-order valence-electron chi connectivity index (χ1n) is 6.25. The van der Waals surface area contributed by atoms with E-state index in [0.717, 1.165) is 16.9 Å². The Hall–Kier alpha value is -2.03. The van der Waals surface area contributed by atoms with Gasteiger partial charge in [-0.15, -0.1) is 0 Å². The minimum atomic E-state index is -0.324. The van der Waals surface area contributed by atoms with Gasteiger partial charge in [-0.05, 0) is 43.5 Å². The maximum Gasteiger partial charge on any atom is 0.330 e. The summed E-state index contributed by atoms with van der Waals surface area (Å²) in [6.07, 6.45) is 6.87. The normalized spacial score (nSPS) is 11.2. The molecule has 0 saturated heterocycles. The zero-order chi connectivity index (χ0) is 14.3. The lowest BCUT2D eigenvalue weighted by molar-refractivity contribution is -0.137. The van der Waals surface area contributed by atoms with Crippen LogP contribution in [0.4, 0.5) is 0 Å². The fourth-order valence-corrected chi connectivity index (χ4v) is 1.70. The minimum absolute atomic E-state index is 0.324. The molecule has 0 atom stereocenters. The van der Waals surface area contributed by atoms with E-state index in [1.807, 2.05) is 38.1 Å². The lowest BCUT2D eigenvalue weighted by Gasteiger charge is -2.09. The van der Waals surface area contributed by atoms with Crippen LogP contribution >= 0.6 is 0 Å². The van der Waals surface area contributed by atoms with Crippen LogP contribution in [-0.4, -0.2) is 19.7 Å². The fraction of sp³-hybridized carbons (Fsp3) is 0.312. The van der Waals surface area contributed by atoms with Crippen molar-refractivity contribution in [2.24, 2.45) is 0 Å². The largest absolute Gasteiger partial charge is 0.496 e. The molecule has 3 nitrogen and oxygen atoms in total. The van der Waals surface area contributed by atoms with Crippen molar-refractivity contribution in [3.8, 4) is 5.75 Å². The van der Waals surface area contributed by atoms with Crippen LogP contribution in [0.1, 0.15) is 23.6 Å². The third kappa shape index (κ3) is 4.28. The summed E-state index contributed by atoms with van der Waals surface area (Å²) in [6.45, 7) is 6.25. The van der Waals surface area contributed by atoms with E-state index in [-0.39, 0.29) is 5.97 Å². The molecular formula is C16H20O3. The molecule has 0 radical (unpaired) electrons. The first kappa shape index (κ1) is 15.0. The predicted molar refractivity (Wildman–Crippen MR) is 77.3 cm³/mol. The zero-order valence-corrected chi connectivity index (χ0v) is 11.9. The molecule has 0 aliphatic heterocycles. The second-order valence-electron chi connectivity index (χ2n) is 4.08. The first-order valence-corrected chi connectivity index (χ1v) is 6.25. The quantitative estimate of drug-likeness (QED) is 0.462. The topological polar surface area (TPSA) is 35.5 Å². The second kappa shape index (κ2) is 7.41. The molecule has 1 aromatic carbocycles. The molecule has 0 fully saturated rings. The van der Waals surface area contributed by atoms with E-state index in [0.29, 0.717) is 6.61 Å². The van der Waals surface area contributed by atoms with Crippen LogP contribution in [0.15, 0.2) is 30.4 Å². The minimum Gasteiger partial charge on any atom is -0.496 e. The van der Waals surface area contributed by atoms with E-state index in [1.54, 1.807) is 20.1 Å². The highest BCUT2D eigenvalue weighted by Crippen LogP contribution is 2.24. The molecule has 1 rings (SSSR count). The highest BCUT2D eigenvalue weighted by Gasteiger charge is 2.03. The summed E-state index contributed by atoms with van der Waals surface area (Å²) < 4.78 is 10.1. The van der Waals surface area contributed by atoms with Crippen LogP contribution in [0, 0.1) is 13.8 Å².